The van der Waals surface area contributed by atoms with E-state index in [4.69, 9.17) is 0 Å². The van der Waals surface area contributed by atoms with Gasteiger partial charge in [-0.2, -0.15) is 10.2 Å². The first-order valence-corrected chi connectivity index (χ1v) is 11.3. The van der Waals surface area contributed by atoms with Crippen LogP contribution in [-0.4, -0.2) is 46.6 Å². The van der Waals surface area contributed by atoms with Crippen LogP contribution in [0.2, 0.25) is 0 Å². The van der Waals surface area contributed by atoms with E-state index >= 15 is 0 Å². The number of anilines is 1. The van der Waals surface area contributed by atoms with E-state index in [1.807, 2.05) is 68.6 Å². The molecule has 168 valence electrons. The largest absolute Gasteiger partial charge is 0.301 e. The van der Waals surface area contributed by atoms with Crippen LogP contribution in [0.3, 0.4) is 0 Å². The molecule has 1 aliphatic rings. The van der Waals surface area contributed by atoms with Gasteiger partial charge in [-0.1, -0.05) is 46.3 Å². The molecular weight excluding hydrogens is 484 g/mol. The van der Waals surface area contributed by atoms with Crippen LogP contribution in [0.5, 0.6) is 0 Å². The standard InChI is InChI=1S/C24H23BrN6O2/c1-3-30-14-18(16(2)29-30)12-27-28-22(32)15-31-21-10-9-19(25)11-20(21)24(26-13-23(31)33)17-7-5-4-6-8-17/h4-12,14H,3,13,15H2,1-2H3,(H,28,32)/b27-12+. The Hall–Kier alpha value is -3.59. The van der Waals surface area contributed by atoms with E-state index in [2.05, 4.69) is 36.5 Å². The van der Waals surface area contributed by atoms with Gasteiger partial charge in [0.2, 0.25) is 5.91 Å². The van der Waals surface area contributed by atoms with Crippen molar-refractivity contribution in [2.45, 2.75) is 20.4 Å². The predicted molar refractivity (Wildman–Crippen MR) is 132 cm³/mol. The molecule has 0 fully saturated rings. The Kier molecular flexibility index (Phi) is 6.79. The lowest BCUT2D eigenvalue weighted by atomic mass is 10.0. The molecule has 2 heterocycles. The summed E-state index contributed by atoms with van der Waals surface area (Å²) in [6.07, 6.45) is 3.41. The van der Waals surface area contributed by atoms with Gasteiger partial charge in [-0.05, 0) is 32.0 Å². The van der Waals surface area contributed by atoms with E-state index in [0.29, 0.717) is 11.4 Å². The molecule has 4 rings (SSSR count). The van der Waals surface area contributed by atoms with E-state index in [-0.39, 0.29) is 19.0 Å². The van der Waals surface area contributed by atoms with E-state index < -0.39 is 5.91 Å². The Labute approximate surface area is 200 Å². The molecule has 0 radical (unpaired) electrons. The fourth-order valence-electron chi connectivity index (χ4n) is 3.58. The molecule has 0 saturated heterocycles. The molecule has 0 atom stereocenters. The fourth-order valence-corrected chi connectivity index (χ4v) is 3.94. The number of aromatic nitrogens is 2. The van der Waals surface area contributed by atoms with E-state index in [0.717, 1.165) is 33.4 Å². The number of fused-ring (bicyclic) bond motifs is 1. The maximum absolute atomic E-state index is 12.9. The topological polar surface area (TPSA) is 92.0 Å². The minimum atomic E-state index is -0.405. The number of benzodiazepines with no additional fused rings is 1. The van der Waals surface area contributed by atoms with Gasteiger partial charge in [-0.15, -0.1) is 0 Å². The molecule has 33 heavy (non-hydrogen) atoms. The van der Waals surface area contributed by atoms with Gasteiger partial charge in [0.05, 0.1) is 23.3 Å². The minimum absolute atomic E-state index is 0.0531. The smallest absolute Gasteiger partial charge is 0.260 e. The van der Waals surface area contributed by atoms with Crippen molar-refractivity contribution in [1.82, 2.24) is 15.2 Å². The second-order valence-electron chi connectivity index (χ2n) is 7.49. The van der Waals surface area contributed by atoms with E-state index in [1.54, 1.807) is 10.9 Å². The van der Waals surface area contributed by atoms with Crippen molar-refractivity contribution in [3.05, 3.63) is 81.6 Å². The number of hydrazone groups is 1. The van der Waals surface area contributed by atoms with Gasteiger partial charge in [0.25, 0.3) is 5.91 Å². The molecule has 3 aromatic rings. The first-order valence-electron chi connectivity index (χ1n) is 10.5. The summed E-state index contributed by atoms with van der Waals surface area (Å²) in [7, 11) is 0. The second-order valence-corrected chi connectivity index (χ2v) is 8.41. The summed E-state index contributed by atoms with van der Waals surface area (Å²) in [5.41, 5.74) is 7.18. The molecule has 1 N–H and O–H groups in total. The number of hydrogen-bond acceptors (Lipinski definition) is 5. The molecule has 0 bridgehead atoms. The molecule has 0 unspecified atom stereocenters. The first kappa shape index (κ1) is 22.6. The van der Waals surface area contributed by atoms with Gasteiger partial charge in [0, 0.05) is 33.9 Å². The van der Waals surface area contributed by atoms with Crippen molar-refractivity contribution in [2.75, 3.05) is 18.0 Å². The number of amides is 2. The molecule has 0 aliphatic carbocycles. The molecule has 2 amide bonds. The minimum Gasteiger partial charge on any atom is -0.301 e. The average molecular weight is 507 g/mol. The summed E-state index contributed by atoms with van der Waals surface area (Å²) in [5.74, 6) is -0.666. The van der Waals surface area contributed by atoms with Gasteiger partial charge in [0.15, 0.2) is 0 Å². The highest BCUT2D eigenvalue weighted by molar-refractivity contribution is 9.10. The van der Waals surface area contributed by atoms with Crippen LogP contribution in [-0.2, 0) is 16.1 Å². The van der Waals surface area contributed by atoms with Crippen LogP contribution < -0.4 is 10.3 Å². The van der Waals surface area contributed by atoms with Crippen molar-refractivity contribution in [3.8, 4) is 0 Å². The lowest BCUT2D eigenvalue weighted by Crippen LogP contribution is -2.40. The number of benzene rings is 2. The zero-order valence-electron chi connectivity index (χ0n) is 18.3. The van der Waals surface area contributed by atoms with Crippen LogP contribution >= 0.6 is 15.9 Å². The number of halogens is 1. The summed E-state index contributed by atoms with van der Waals surface area (Å²) >= 11 is 3.51. The molecule has 0 saturated carbocycles. The van der Waals surface area contributed by atoms with Gasteiger partial charge in [-0.3, -0.25) is 19.3 Å². The number of carbonyl (C=O) groups is 2. The second kappa shape index (κ2) is 9.91. The van der Waals surface area contributed by atoms with Gasteiger partial charge in [0.1, 0.15) is 13.1 Å². The maximum Gasteiger partial charge on any atom is 0.260 e. The van der Waals surface area contributed by atoms with Crippen LogP contribution in [0.25, 0.3) is 0 Å². The number of aliphatic imine (C=N–C) groups is 1. The molecular formula is C24H23BrN6O2. The highest BCUT2D eigenvalue weighted by Crippen LogP contribution is 2.29. The zero-order chi connectivity index (χ0) is 23.4. The first-order chi connectivity index (χ1) is 16.0. The van der Waals surface area contributed by atoms with E-state index in [9.17, 15) is 9.59 Å². The fraction of sp³-hybridized carbons (Fsp3) is 0.208. The van der Waals surface area contributed by atoms with Crippen molar-refractivity contribution >= 4 is 45.4 Å². The highest BCUT2D eigenvalue weighted by Gasteiger charge is 2.27. The third-order valence-electron chi connectivity index (χ3n) is 5.23. The zero-order valence-corrected chi connectivity index (χ0v) is 19.9. The van der Waals surface area contributed by atoms with Gasteiger partial charge >= 0.3 is 0 Å². The molecule has 2 aromatic carbocycles. The third-order valence-corrected chi connectivity index (χ3v) is 5.72. The highest BCUT2D eigenvalue weighted by atomic mass is 79.9. The lowest BCUT2D eigenvalue weighted by molar-refractivity contribution is -0.123. The summed E-state index contributed by atoms with van der Waals surface area (Å²) in [4.78, 5) is 31.6. The van der Waals surface area contributed by atoms with Gasteiger partial charge < -0.3 is 4.90 Å². The summed E-state index contributed by atoms with van der Waals surface area (Å²) in [5, 5.41) is 8.39. The molecule has 9 heteroatoms. The summed E-state index contributed by atoms with van der Waals surface area (Å²) in [6, 6.07) is 15.3. The van der Waals surface area contributed by atoms with Crippen LogP contribution in [0, 0.1) is 6.92 Å². The normalized spacial score (nSPS) is 13.6. The van der Waals surface area contributed by atoms with Crippen LogP contribution in [0.4, 0.5) is 5.69 Å². The Morgan fingerprint density at radius 2 is 2.03 bits per heavy atom. The Bertz CT molecular complexity index is 1250. The summed E-state index contributed by atoms with van der Waals surface area (Å²) in [6.45, 7) is 4.40. The number of rotatable bonds is 6. The molecule has 1 aliphatic heterocycles. The Morgan fingerprint density at radius 1 is 1.24 bits per heavy atom. The number of carbonyl (C=O) groups excluding carboxylic acids is 2. The molecule has 0 spiro atoms. The van der Waals surface area contributed by atoms with Gasteiger partial charge in [-0.25, -0.2) is 5.43 Å². The average Bonchev–Trinajstić information content (AvgIpc) is 3.12. The van der Waals surface area contributed by atoms with Crippen molar-refractivity contribution in [1.29, 1.82) is 0 Å². The molecule has 8 nitrogen and oxygen atoms in total. The predicted octanol–water partition coefficient (Wildman–Crippen LogP) is 3.31. The van der Waals surface area contributed by atoms with Crippen molar-refractivity contribution in [2.24, 2.45) is 10.1 Å². The van der Waals surface area contributed by atoms with Crippen LogP contribution in [0.15, 0.2) is 69.3 Å². The third kappa shape index (κ3) is 5.09. The number of hydrogen-bond donors (Lipinski definition) is 1. The van der Waals surface area contributed by atoms with Crippen molar-refractivity contribution < 1.29 is 9.59 Å². The monoisotopic (exact) mass is 506 g/mol. The molecule has 1 aromatic heterocycles. The van der Waals surface area contributed by atoms with Crippen molar-refractivity contribution in [3.63, 3.8) is 0 Å². The quantitative estimate of drug-likeness (QED) is 0.410. The SMILES string of the molecule is CCn1cc(/C=N/NC(=O)CN2C(=O)CN=C(c3ccccc3)c3cc(Br)ccc32)c(C)n1. The van der Waals surface area contributed by atoms with E-state index in [1.165, 1.54) is 4.90 Å². The lowest BCUT2D eigenvalue weighted by Gasteiger charge is -2.22. The maximum atomic E-state index is 12.9. The summed E-state index contributed by atoms with van der Waals surface area (Å²) < 4.78 is 2.66. The van der Waals surface area contributed by atoms with Crippen LogP contribution in [0.1, 0.15) is 29.3 Å². The Morgan fingerprint density at radius 3 is 2.76 bits per heavy atom. The number of nitrogens with zero attached hydrogens (tertiary/aromatic N) is 5. The Balaban J connectivity index is 1.56. The number of nitrogens with one attached hydrogen (secondary N) is 1. The number of aryl methyl sites for hydroxylation is 2.